The first-order chi connectivity index (χ1) is 14.2. The topological polar surface area (TPSA) is 54.0 Å². The molecule has 0 aliphatic carbocycles. The number of ether oxygens (including phenoxy) is 2. The van der Waals surface area contributed by atoms with E-state index < -0.39 is 0 Å². The second kappa shape index (κ2) is 11.6. The van der Waals surface area contributed by atoms with Crippen molar-refractivity contribution in [2.24, 2.45) is 0 Å². The lowest BCUT2D eigenvalue weighted by Gasteiger charge is -2.34. The molecule has 6 heteroatoms. The van der Waals surface area contributed by atoms with Crippen LogP contribution in [0.3, 0.4) is 0 Å². The fraction of sp³-hybridized carbons (Fsp3) is 0.435. The maximum absolute atomic E-state index is 12.6. The molecule has 0 atom stereocenters. The third-order valence-electron chi connectivity index (χ3n) is 4.93. The van der Waals surface area contributed by atoms with Crippen LogP contribution >= 0.6 is 0 Å². The Morgan fingerprint density at radius 1 is 0.931 bits per heavy atom. The first kappa shape index (κ1) is 21.3. The highest BCUT2D eigenvalue weighted by Crippen LogP contribution is 2.14. The lowest BCUT2D eigenvalue weighted by Crippen LogP contribution is -2.49. The van der Waals surface area contributed by atoms with Crippen molar-refractivity contribution in [2.75, 3.05) is 51.3 Å². The van der Waals surface area contributed by atoms with Crippen LogP contribution in [-0.4, -0.2) is 61.8 Å². The zero-order valence-corrected chi connectivity index (χ0v) is 17.2. The Balaban J connectivity index is 1.42. The summed E-state index contributed by atoms with van der Waals surface area (Å²) in [4.78, 5) is 16.9. The number of hydrogen-bond acceptors (Lipinski definition) is 4. The van der Waals surface area contributed by atoms with Crippen LogP contribution in [0.4, 0.5) is 10.5 Å². The Morgan fingerprint density at radius 2 is 1.66 bits per heavy atom. The minimum Gasteiger partial charge on any atom is -0.379 e. The summed E-state index contributed by atoms with van der Waals surface area (Å²) >= 11 is 0. The van der Waals surface area contributed by atoms with Gasteiger partial charge in [0.1, 0.15) is 0 Å². The first-order valence-electron chi connectivity index (χ1n) is 10.3. The molecule has 0 saturated carbocycles. The molecule has 156 valence electrons. The molecule has 1 fully saturated rings. The standard InChI is InChI=1S/C23H31N3O3/c1-2-28-15-16-29-19-21-9-6-10-22(17-21)24-23(27)26-13-11-25(12-14-26)18-20-7-4-3-5-8-20/h3-10,17H,2,11-16,18-19H2,1H3,(H,24,27). The van der Waals surface area contributed by atoms with Crippen molar-refractivity contribution in [2.45, 2.75) is 20.1 Å². The number of carbonyl (C=O) groups excluding carboxylic acids is 1. The molecule has 2 amide bonds. The van der Waals surface area contributed by atoms with Gasteiger partial charge in [0.2, 0.25) is 0 Å². The van der Waals surface area contributed by atoms with E-state index in [-0.39, 0.29) is 6.03 Å². The Morgan fingerprint density at radius 3 is 2.41 bits per heavy atom. The molecule has 29 heavy (non-hydrogen) atoms. The van der Waals surface area contributed by atoms with Gasteiger partial charge in [0, 0.05) is 45.0 Å². The van der Waals surface area contributed by atoms with Crippen LogP contribution in [0.1, 0.15) is 18.1 Å². The van der Waals surface area contributed by atoms with E-state index in [1.165, 1.54) is 5.56 Å². The van der Waals surface area contributed by atoms with Crippen LogP contribution in [0.5, 0.6) is 0 Å². The van der Waals surface area contributed by atoms with E-state index in [1.807, 2.05) is 42.2 Å². The summed E-state index contributed by atoms with van der Waals surface area (Å²) in [5, 5.41) is 3.02. The minimum absolute atomic E-state index is 0.0428. The van der Waals surface area contributed by atoms with Gasteiger partial charge in [-0.3, -0.25) is 4.90 Å². The van der Waals surface area contributed by atoms with Crippen molar-refractivity contribution in [3.63, 3.8) is 0 Å². The molecule has 1 saturated heterocycles. The molecule has 6 nitrogen and oxygen atoms in total. The molecular weight excluding hydrogens is 366 g/mol. The second-order valence-electron chi connectivity index (χ2n) is 7.13. The van der Waals surface area contributed by atoms with Crippen LogP contribution in [0.25, 0.3) is 0 Å². The van der Waals surface area contributed by atoms with Gasteiger partial charge < -0.3 is 19.7 Å². The number of benzene rings is 2. The lowest BCUT2D eigenvalue weighted by atomic mass is 10.2. The number of carbonyl (C=O) groups is 1. The van der Waals surface area contributed by atoms with Crippen LogP contribution in [0.15, 0.2) is 54.6 Å². The predicted molar refractivity (Wildman–Crippen MR) is 115 cm³/mol. The SMILES string of the molecule is CCOCCOCc1cccc(NC(=O)N2CCN(Cc3ccccc3)CC2)c1. The quantitative estimate of drug-likeness (QED) is 0.657. The predicted octanol–water partition coefficient (Wildman–Crippen LogP) is 3.59. The summed E-state index contributed by atoms with van der Waals surface area (Å²) in [6.07, 6.45) is 0. The largest absolute Gasteiger partial charge is 0.379 e. The Labute approximate surface area is 173 Å². The molecule has 0 bridgehead atoms. The molecule has 0 spiro atoms. The van der Waals surface area contributed by atoms with E-state index in [2.05, 4.69) is 34.5 Å². The molecule has 1 N–H and O–H groups in total. The summed E-state index contributed by atoms with van der Waals surface area (Å²) < 4.78 is 10.9. The molecule has 2 aromatic carbocycles. The number of hydrogen-bond donors (Lipinski definition) is 1. The minimum atomic E-state index is -0.0428. The van der Waals surface area contributed by atoms with Gasteiger partial charge in [-0.05, 0) is 30.2 Å². The zero-order valence-electron chi connectivity index (χ0n) is 17.2. The van der Waals surface area contributed by atoms with Gasteiger partial charge in [-0.2, -0.15) is 0 Å². The molecule has 0 aromatic heterocycles. The molecule has 1 aliphatic rings. The highest BCUT2D eigenvalue weighted by molar-refractivity contribution is 5.89. The zero-order chi connectivity index (χ0) is 20.3. The first-order valence-corrected chi connectivity index (χ1v) is 10.3. The Hall–Kier alpha value is -2.41. The highest BCUT2D eigenvalue weighted by atomic mass is 16.5. The number of anilines is 1. The third kappa shape index (κ3) is 7.16. The molecule has 2 aromatic rings. The number of amides is 2. The summed E-state index contributed by atoms with van der Waals surface area (Å²) in [5.74, 6) is 0. The Kier molecular flexibility index (Phi) is 8.49. The van der Waals surface area contributed by atoms with E-state index >= 15 is 0 Å². The van der Waals surface area contributed by atoms with Crippen LogP contribution < -0.4 is 5.32 Å². The molecule has 3 rings (SSSR count). The number of nitrogens with one attached hydrogen (secondary N) is 1. The third-order valence-corrected chi connectivity index (χ3v) is 4.93. The summed E-state index contributed by atoms with van der Waals surface area (Å²) in [6, 6.07) is 18.2. The van der Waals surface area contributed by atoms with E-state index in [0.717, 1.165) is 44.0 Å². The average molecular weight is 398 g/mol. The van der Waals surface area contributed by atoms with Gasteiger partial charge in [-0.25, -0.2) is 4.79 Å². The number of rotatable bonds is 9. The fourth-order valence-electron chi connectivity index (χ4n) is 3.34. The smallest absolute Gasteiger partial charge is 0.321 e. The fourth-order valence-corrected chi connectivity index (χ4v) is 3.34. The lowest BCUT2D eigenvalue weighted by molar-refractivity contribution is 0.0453. The number of urea groups is 1. The van der Waals surface area contributed by atoms with Gasteiger partial charge in [-0.1, -0.05) is 42.5 Å². The van der Waals surface area contributed by atoms with E-state index in [9.17, 15) is 4.79 Å². The van der Waals surface area contributed by atoms with E-state index in [1.54, 1.807) is 0 Å². The van der Waals surface area contributed by atoms with Crippen molar-refractivity contribution in [1.82, 2.24) is 9.80 Å². The van der Waals surface area contributed by atoms with Gasteiger partial charge in [0.05, 0.1) is 19.8 Å². The maximum atomic E-state index is 12.6. The van der Waals surface area contributed by atoms with E-state index in [4.69, 9.17) is 9.47 Å². The van der Waals surface area contributed by atoms with Gasteiger partial charge in [0.15, 0.2) is 0 Å². The summed E-state index contributed by atoms with van der Waals surface area (Å²) in [7, 11) is 0. The van der Waals surface area contributed by atoms with Gasteiger partial charge >= 0.3 is 6.03 Å². The molecule has 0 unspecified atom stereocenters. The molecular formula is C23H31N3O3. The van der Waals surface area contributed by atoms with Crippen LogP contribution in [0, 0.1) is 0 Å². The average Bonchev–Trinajstić information content (AvgIpc) is 2.75. The highest BCUT2D eigenvalue weighted by Gasteiger charge is 2.21. The van der Waals surface area contributed by atoms with Gasteiger partial charge in [0.25, 0.3) is 0 Å². The monoisotopic (exact) mass is 397 g/mol. The van der Waals surface area contributed by atoms with Crippen molar-refractivity contribution in [3.8, 4) is 0 Å². The summed E-state index contributed by atoms with van der Waals surface area (Å²) in [5.41, 5.74) is 3.14. The number of piperazine rings is 1. The van der Waals surface area contributed by atoms with Gasteiger partial charge in [-0.15, -0.1) is 0 Å². The van der Waals surface area contributed by atoms with Crippen molar-refractivity contribution in [1.29, 1.82) is 0 Å². The summed E-state index contributed by atoms with van der Waals surface area (Å²) in [6.45, 7) is 8.52. The Bertz CT molecular complexity index is 746. The van der Waals surface area contributed by atoms with Crippen LogP contribution in [0.2, 0.25) is 0 Å². The van der Waals surface area contributed by atoms with Crippen LogP contribution in [-0.2, 0) is 22.6 Å². The van der Waals surface area contributed by atoms with Crippen molar-refractivity contribution < 1.29 is 14.3 Å². The normalized spacial score (nSPS) is 14.7. The maximum Gasteiger partial charge on any atom is 0.321 e. The molecule has 1 heterocycles. The van der Waals surface area contributed by atoms with Crippen molar-refractivity contribution in [3.05, 3.63) is 65.7 Å². The molecule has 0 radical (unpaired) electrons. The second-order valence-corrected chi connectivity index (χ2v) is 7.13. The van der Waals surface area contributed by atoms with Crippen molar-refractivity contribution >= 4 is 11.7 Å². The molecule has 1 aliphatic heterocycles. The number of nitrogens with zero attached hydrogens (tertiary/aromatic N) is 2. The van der Waals surface area contributed by atoms with E-state index in [0.29, 0.717) is 26.4 Å².